The Kier molecular flexibility index (Phi) is 5.68. The van der Waals surface area contributed by atoms with E-state index in [4.69, 9.17) is 5.10 Å². The maximum absolute atomic E-state index is 13.1. The maximum Gasteiger partial charge on any atom is 0.350 e. The molecule has 5 nitrogen and oxygen atoms in total. The van der Waals surface area contributed by atoms with Crippen LogP contribution in [0, 0.1) is 0 Å². The van der Waals surface area contributed by atoms with Crippen molar-refractivity contribution in [2.75, 3.05) is 20.6 Å². The van der Waals surface area contributed by atoms with Crippen molar-refractivity contribution in [3.8, 4) is 5.69 Å². The van der Waals surface area contributed by atoms with Crippen LogP contribution in [0.15, 0.2) is 65.5 Å². The topological polar surface area (TPSA) is 43.1 Å². The highest BCUT2D eigenvalue weighted by atomic mass is 16.2. The molecule has 26 heavy (non-hydrogen) atoms. The predicted molar refractivity (Wildman–Crippen MR) is 105 cm³/mol. The van der Waals surface area contributed by atoms with E-state index in [9.17, 15) is 4.79 Å². The first kappa shape index (κ1) is 18.1. The zero-order valence-corrected chi connectivity index (χ0v) is 15.7. The second-order valence-corrected chi connectivity index (χ2v) is 6.71. The van der Waals surface area contributed by atoms with Gasteiger partial charge in [-0.15, -0.1) is 5.10 Å². The Morgan fingerprint density at radius 1 is 1.00 bits per heavy atom. The number of hydrogen-bond donors (Lipinski definition) is 0. The fourth-order valence-electron chi connectivity index (χ4n) is 3.17. The molecule has 0 aliphatic rings. The highest BCUT2D eigenvalue weighted by molar-refractivity contribution is 5.31. The normalized spacial score (nSPS) is 12.5. The van der Waals surface area contributed by atoms with Crippen LogP contribution in [0.5, 0.6) is 0 Å². The summed E-state index contributed by atoms with van der Waals surface area (Å²) in [5, 5.41) is 4.75. The van der Waals surface area contributed by atoms with Gasteiger partial charge in [-0.1, -0.05) is 55.5 Å². The van der Waals surface area contributed by atoms with Gasteiger partial charge in [0.25, 0.3) is 0 Å². The third kappa shape index (κ3) is 3.78. The third-order valence-corrected chi connectivity index (χ3v) is 4.58. The molecule has 0 amide bonds. The molecular formula is C21H26N4O. The molecule has 3 rings (SSSR count). The fourth-order valence-corrected chi connectivity index (χ4v) is 3.17. The zero-order valence-electron chi connectivity index (χ0n) is 15.7. The molecule has 0 aliphatic heterocycles. The molecular weight excluding hydrogens is 324 g/mol. The molecule has 0 radical (unpaired) electrons. The number of para-hydroxylation sites is 1. The average Bonchev–Trinajstić information content (AvgIpc) is 2.98. The van der Waals surface area contributed by atoms with E-state index in [0.717, 1.165) is 24.5 Å². The van der Waals surface area contributed by atoms with Gasteiger partial charge in [0.05, 0.1) is 5.69 Å². The number of rotatable bonds is 7. The van der Waals surface area contributed by atoms with Gasteiger partial charge in [0, 0.05) is 19.0 Å². The summed E-state index contributed by atoms with van der Waals surface area (Å²) >= 11 is 0. The third-order valence-electron chi connectivity index (χ3n) is 4.58. The van der Waals surface area contributed by atoms with E-state index in [1.54, 1.807) is 0 Å². The number of aromatic nitrogens is 3. The lowest BCUT2D eigenvalue weighted by molar-refractivity contribution is 0.375. The molecule has 3 aromatic rings. The van der Waals surface area contributed by atoms with Gasteiger partial charge in [0.1, 0.15) is 5.82 Å². The minimum absolute atomic E-state index is 0.0811. The van der Waals surface area contributed by atoms with Crippen LogP contribution in [-0.2, 0) is 6.54 Å². The average molecular weight is 350 g/mol. The molecule has 1 heterocycles. The smallest absolute Gasteiger partial charge is 0.308 e. The summed E-state index contributed by atoms with van der Waals surface area (Å²) in [4.78, 5) is 15.2. The molecule has 0 spiro atoms. The summed E-state index contributed by atoms with van der Waals surface area (Å²) in [7, 11) is 4.03. The van der Waals surface area contributed by atoms with Crippen LogP contribution < -0.4 is 5.69 Å². The Bertz CT molecular complexity index is 881. The van der Waals surface area contributed by atoms with Gasteiger partial charge in [-0.25, -0.2) is 4.79 Å². The summed E-state index contributed by atoms with van der Waals surface area (Å²) in [5.74, 6) is 0.922. The number of hydrogen-bond acceptors (Lipinski definition) is 3. The summed E-state index contributed by atoms with van der Waals surface area (Å²) in [6.07, 6.45) is 0.886. The molecule has 1 atom stereocenters. The summed E-state index contributed by atoms with van der Waals surface area (Å²) < 4.78 is 3.35. The molecule has 2 aromatic carbocycles. The van der Waals surface area contributed by atoms with Gasteiger partial charge >= 0.3 is 5.69 Å². The molecule has 0 bridgehead atoms. The van der Waals surface area contributed by atoms with Crippen LogP contribution in [0.3, 0.4) is 0 Å². The lowest BCUT2D eigenvalue weighted by atomic mass is 9.95. The Morgan fingerprint density at radius 2 is 1.62 bits per heavy atom. The molecule has 5 heteroatoms. The first-order chi connectivity index (χ1) is 12.6. The van der Waals surface area contributed by atoms with E-state index in [2.05, 4.69) is 24.0 Å². The second kappa shape index (κ2) is 8.15. The van der Waals surface area contributed by atoms with Crippen LogP contribution in [-0.4, -0.2) is 39.9 Å². The minimum Gasteiger partial charge on any atom is -0.308 e. The SMILES string of the molecule is CCC(c1ccccc1)c1nn(-c2ccccc2)c(=O)n1CCN(C)C. The summed E-state index contributed by atoms with van der Waals surface area (Å²) in [5.41, 5.74) is 1.90. The van der Waals surface area contributed by atoms with Gasteiger partial charge in [-0.05, 0) is 38.2 Å². The molecule has 0 saturated heterocycles. The largest absolute Gasteiger partial charge is 0.350 e. The summed E-state index contributed by atoms with van der Waals surface area (Å²) in [6.45, 7) is 3.55. The number of likely N-dealkylation sites (N-methyl/N-ethyl adjacent to an activating group) is 1. The van der Waals surface area contributed by atoms with E-state index >= 15 is 0 Å². The van der Waals surface area contributed by atoms with Gasteiger partial charge < -0.3 is 4.90 Å². The van der Waals surface area contributed by atoms with Crippen LogP contribution in [0.4, 0.5) is 0 Å². The highest BCUT2D eigenvalue weighted by Gasteiger charge is 2.23. The Morgan fingerprint density at radius 3 is 2.19 bits per heavy atom. The molecule has 0 saturated carbocycles. The van der Waals surface area contributed by atoms with E-state index in [-0.39, 0.29) is 11.6 Å². The molecule has 1 aromatic heterocycles. The van der Waals surface area contributed by atoms with Crippen molar-refractivity contribution < 1.29 is 0 Å². The first-order valence-corrected chi connectivity index (χ1v) is 9.06. The van der Waals surface area contributed by atoms with Crippen molar-refractivity contribution in [2.45, 2.75) is 25.8 Å². The van der Waals surface area contributed by atoms with Gasteiger partial charge in [0.15, 0.2) is 0 Å². The number of benzene rings is 2. The van der Waals surface area contributed by atoms with Crippen molar-refractivity contribution in [3.05, 3.63) is 82.5 Å². The fraction of sp³-hybridized carbons (Fsp3) is 0.333. The van der Waals surface area contributed by atoms with Crippen molar-refractivity contribution in [1.29, 1.82) is 0 Å². The molecule has 1 unspecified atom stereocenters. The van der Waals surface area contributed by atoms with Crippen molar-refractivity contribution >= 4 is 0 Å². The van der Waals surface area contributed by atoms with E-state index in [1.807, 2.05) is 67.2 Å². The minimum atomic E-state index is -0.0811. The van der Waals surface area contributed by atoms with Crippen LogP contribution >= 0.6 is 0 Å². The quantitative estimate of drug-likeness (QED) is 0.657. The summed E-state index contributed by atoms with van der Waals surface area (Å²) in [6, 6.07) is 19.9. The van der Waals surface area contributed by atoms with Crippen molar-refractivity contribution in [2.24, 2.45) is 0 Å². The molecule has 0 aliphatic carbocycles. The Balaban J connectivity index is 2.11. The molecule has 0 N–H and O–H groups in total. The first-order valence-electron chi connectivity index (χ1n) is 9.06. The lowest BCUT2D eigenvalue weighted by Crippen LogP contribution is -2.29. The van der Waals surface area contributed by atoms with E-state index in [0.29, 0.717) is 6.54 Å². The van der Waals surface area contributed by atoms with Crippen molar-refractivity contribution in [1.82, 2.24) is 19.2 Å². The predicted octanol–water partition coefficient (Wildman–Crippen LogP) is 3.14. The second-order valence-electron chi connectivity index (χ2n) is 6.71. The van der Waals surface area contributed by atoms with Crippen LogP contribution in [0.25, 0.3) is 5.69 Å². The molecule has 0 fully saturated rings. The maximum atomic E-state index is 13.1. The van der Waals surface area contributed by atoms with E-state index < -0.39 is 0 Å². The van der Waals surface area contributed by atoms with E-state index in [1.165, 1.54) is 10.2 Å². The molecule has 136 valence electrons. The van der Waals surface area contributed by atoms with Crippen molar-refractivity contribution in [3.63, 3.8) is 0 Å². The monoisotopic (exact) mass is 350 g/mol. The zero-order chi connectivity index (χ0) is 18.5. The Hall–Kier alpha value is -2.66. The van der Waals surface area contributed by atoms with Gasteiger partial charge in [-0.3, -0.25) is 4.57 Å². The van der Waals surface area contributed by atoms with Crippen LogP contribution in [0.2, 0.25) is 0 Å². The van der Waals surface area contributed by atoms with Crippen LogP contribution in [0.1, 0.15) is 30.7 Å². The Labute approximate surface area is 154 Å². The van der Waals surface area contributed by atoms with Gasteiger partial charge in [0.2, 0.25) is 0 Å². The number of nitrogens with zero attached hydrogens (tertiary/aromatic N) is 4. The lowest BCUT2D eigenvalue weighted by Gasteiger charge is -2.17. The van der Waals surface area contributed by atoms with Gasteiger partial charge in [-0.2, -0.15) is 4.68 Å². The standard InChI is InChI=1S/C21H26N4O/c1-4-19(17-11-7-5-8-12-17)20-22-25(18-13-9-6-10-14-18)21(26)24(20)16-15-23(2)3/h5-14,19H,4,15-16H2,1-3H3. The highest BCUT2D eigenvalue weighted by Crippen LogP contribution is 2.26.